The number of nitrogens with zero attached hydrogens (tertiary/aromatic N) is 4. The summed E-state index contributed by atoms with van der Waals surface area (Å²) in [6.07, 6.45) is 5.03. The minimum absolute atomic E-state index is 0.155. The lowest BCUT2D eigenvalue weighted by atomic mass is 10.2. The van der Waals surface area contributed by atoms with E-state index in [1.807, 2.05) is 44.2 Å². The molecule has 4 rings (SSSR count). The molecule has 0 fully saturated rings. The molecule has 0 aliphatic heterocycles. The van der Waals surface area contributed by atoms with Crippen LogP contribution in [0.15, 0.2) is 59.8 Å². The van der Waals surface area contributed by atoms with Gasteiger partial charge in [-0.2, -0.15) is 9.78 Å². The summed E-state index contributed by atoms with van der Waals surface area (Å²) in [5, 5.41) is 5.85. The number of hydrogen-bond donors (Lipinski definition) is 0. The third-order valence-corrected chi connectivity index (χ3v) is 4.60. The molecule has 0 bridgehead atoms. The number of pyridine rings is 1. The zero-order chi connectivity index (χ0) is 18.3. The third kappa shape index (κ3) is 2.38. The highest BCUT2D eigenvalue weighted by Gasteiger charge is 2.18. The molecule has 3 aromatic heterocycles. The molecule has 0 amide bonds. The van der Waals surface area contributed by atoms with Gasteiger partial charge in [-0.25, -0.2) is 0 Å². The number of benzene rings is 1. The van der Waals surface area contributed by atoms with Crippen LogP contribution in [0.2, 0.25) is 0 Å². The first-order valence-electron chi connectivity index (χ1n) is 8.26. The van der Waals surface area contributed by atoms with Gasteiger partial charge in [0.15, 0.2) is 0 Å². The lowest BCUT2D eigenvalue weighted by Gasteiger charge is -2.10. The summed E-state index contributed by atoms with van der Waals surface area (Å²) in [6, 6.07) is 11.4. The van der Waals surface area contributed by atoms with Gasteiger partial charge in [0, 0.05) is 34.7 Å². The van der Waals surface area contributed by atoms with Crippen LogP contribution in [0.4, 0.5) is 0 Å². The largest absolute Gasteiger partial charge is 0.497 e. The number of ether oxygens (including phenoxy) is 1. The predicted molar refractivity (Wildman–Crippen MR) is 100 cm³/mol. The van der Waals surface area contributed by atoms with Crippen LogP contribution < -0.4 is 10.3 Å². The van der Waals surface area contributed by atoms with Crippen molar-refractivity contribution in [1.82, 2.24) is 19.3 Å². The summed E-state index contributed by atoms with van der Waals surface area (Å²) >= 11 is 0. The standard InChI is InChI=1S/C20H18N4O2/c1-13-18-12-22-24(16-7-5-9-21-11-16)20(25)19(18)14(2)23(13)15-6-4-8-17(10-15)26-3/h4-12H,1-3H3. The molecule has 3 heterocycles. The molecule has 6 nitrogen and oxygen atoms in total. The Bertz CT molecular complexity index is 1160. The van der Waals surface area contributed by atoms with Crippen LogP contribution in [0.3, 0.4) is 0 Å². The van der Waals surface area contributed by atoms with Crippen molar-refractivity contribution >= 4 is 10.8 Å². The van der Waals surface area contributed by atoms with Gasteiger partial charge >= 0.3 is 0 Å². The lowest BCUT2D eigenvalue weighted by Crippen LogP contribution is -2.21. The predicted octanol–water partition coefficient (Wildman–Crippen LogP) is 3.20. The molecule has 6 heteroatoms. The molecule has 0 radical (unpaired) electrons. The van der Waals surface area contributed by atoms with Crippen LogP contribution in [0.25, 0.3) is 22.1 Å². The van der Waals surface area contributed by atoms with E-state index in [2.05, 4.69) is 14.6 Å². The summed E-state index contributed by atoms with van der Waals surface area (Å²) in [4.78, 5) is 17.2. The van der Waals surface area contributed by atoms with E-state index in [9.17, 15) is 4.79 Å². The maximum absolute atomic E-state index is 13.1. The summed E-state index contributed by atoms with van der Waals surface area (Å²) in [5.74, 6) is 0.768. The van der Waals surface area contributed by atoms with Gasteiger partial charge < -0.3 is 9.30 Å². The van der Waals surface area contributed by atoms with Crippen molar-refractivity contribution in [1.29, 1.82) is 0 Å². The van der Waals surface area contributed by atoms with E-state index < -0.39 is 0 Å². The summed E-state index contributed by atoms with van der Waals surface area (Å²) < 4.78 is 8.78. The molecule has 0 N–H and O–H groups in total. The Morgan fingerprint density at radius 1 is 1.00 bits per heavy atom. The molecule has 26 heavy (non-hydrogen) atoms. The van der Waals surface area contributed by atoms with Crippen molar-refractivity contribution in [3.05, 3.63) is 76.7 Å². The first-order chi connectivity index (χ1) is 12.6. The van der Waals surface area contributed by atoms with Gasteiger partial charge in [-0.05, 0) is 38.1 Å². The highest BCUT2D eigenvalue weighted by atomic mass is 16.5. The SMILES string of the molecule is COc1cccc(-n2c(C)c3cnn(-c4cccnc4)c(=O)c3c2C)c1. The van der Waals surface area contributed by atoms with Gasteiger partial charge in [0.05, 0.1) is 30.6 Å². The molecule has 0 spiro atoms. The molecule has 0 saturated carbocycles. The van der Waals surface area contributed by atoms with E-state index in [-0.39, 0.29) is 5.56 Å². The van der Waals surface area contributed by atoms with Crippen LogP contribution in [0.1, 0.15) is 11.4 Å². The second-order valence-electron chi connectivity index (χ2n) is 6.07. The van der Waals surface area contributed by atoms with E-state index in [0.717, 1.165) is 28.2 Å². The van der Waals surface area contributed by atoms with Crippen molar-refractivity contribution in [2.24, 2.45) is 0 Å². The highest BCUT2D eigenvalue weighted by Crippen LogP contribution is 2.27. The average molecular weight is 346 g/mol. The van der Waals surface area contributed by atoms with Crippen molar-refractivity contribution in [2.75, 3.05) is 7.11 Å². The molecular formula is C20H18N4O2. The molecule has 4 aromatic rings. The Balaban J connectivity index is 2.00. The number of aryl methyl sites for hydroxylation is 2. The number of rotatable bonds is 3. The Morgan fingerprint density at radius 3 is 2.54 bits per heavy atom. The summed E-state index contributed by atoms with van der Waals surface area (Å²) in [7, 11) is 1.64. The number of hydrogen-bond acceptors (Lipinski definition) is 4. The Labute approximate surface area is 150 Å². The van der Waals surface area contributed by atoms with Crippen molar-refractivity contribution in [2.45, 2.75) is 13.8 Å². The fourth-order valence-corrected chi connectivity index (χ4v) is 3.36. The van der Waals surface area contributed by atoms with E-state index in [4.69, 9.17) is 4.74 Å². The molecule has 0 saturated heterocycles. The maximum atomic E-state index is 13.1. The van der Waals surface area contributed by atoms with Gasteiger partial charge in [-0.1, -0.05) is 6.07 Å². The van der Waals surface area contributed by atoms with E-state index in [1.165, 1.54) is 4.68 Å². The minimum Gasteiger partial charge on any atom is -0.497 e. The van der Waals surface area contributed by atoms with Crippen LogP contribution in [0, 0.1) is 13.8 Å². The van der Waals surface area contributed by atoms with Gasteiger partial charge in [-0.3, -0.25) is 9.78 Å². The maximum Gasteiger partial charge on any atom is 0.281 e. The molecule has 130 valence electrons. The number of methoxy groups -OCH3 is 1. The zero-order valence-electron chi connectivity index (χ0n) is 14.8. The van der Waals surface area contributed by atoms with Crippen LogP contribution in [-0.4, -0.2) is 26.4 Å². The van der Waals surface area contributed by atoms with E-state index in [0.29, 0.717) is 11.1 Å². The van der Waals surface area contributed by atoms with Crippen molar-refractivity contribution in [3.63, 3.8) is 0 Å². The van der Waals surface area contributed by atoms with Crippen LogP contribution in [0.5, 0.6) is 5.75 Å². The lowest BCUT2D eigenvalue weighted by molar-refractivity contribution is 0.414. The second kappa shape index (κ2) is 6.15. The first-order valence-corrected chi connectivity index (χ1v) is 8.26. The van der Waals surface area contributed by atoms with Gasteiger partial charge in [-0.15, -0.1) is 0 Å². The van der Waals surface area contributed by atoms with Crippen molar-refractivity contribution < 1.29 is 4.74 Å². The summed E-state index contributed by atoms with van der Waals surface area (Å²) in [5.41, 5.74) is 3.27. The monoisotopic (exact) mass is 346 g/mol. The second-order valence-corrected chi connectivity index (χ2v) is 6.07. The number of fused-ring (bicyclic) bond motifs is 1. The van der Waals surface area contributed by atoms with E-state index >= 15 is 0 Å². The Kier molecular flexibility index (Phi) is 3.80. The quantitative estimate of drug-likeness (QED) is 0.571. The molecule has 0 aliphatic carbocycles. The topological polar surface area (TPSA) is 61.9 Å². The smallest absolute Gasteiger partial charge is 0.281 e. The van der Waals surface area contributed by atoms with Gasteiger partial charge in [0.25, 0.3) is 5.56 Å². The minimum atomic E-state index is -0.155. The highest BCUT2D eigenvalue weighted by molar-refractivity contribution is 5.88. The number of aromatic nitrogens is 4. The van der Waals surface area contributed by atoms with Gasteiger partial charge in [0.2, 0.25) is 0 Å². The molecule has 1 aromatic carbocycles. The third-order valence-electron chi connectivity index (χ3n) is 4.60. The normalized spacial score (nSPS) is 11.0. The molecule has 0 unspecified atom stereocenters. The van der Waals surface area contributed by atoms with Crippen molar-refractivity contribution in [3.8, 4) is 17.1 Å². The van der Waals surface area contributed by atoms with Crippen LogP contribution >= 0.6 is 0 Å². The molecular weight excluding hydrogens is 328 g/mol. The Hall–Kier alpha value is -3.41. The molecule has 0 atom stereocenters. The molecule has 0 aliphatic rings. The first kappa shape index (κ1) is 16.1. The fraction of sp³-hybridized carbons (Fsp3) is 0.150. The average Bonchev–Trinajstić information content (AvgIpc) is 2.94. The van der Waals surface area contributed by atoms with Gasteiger partial charge in [0.1, 0.15) is 5.75 Å². The Morgan fingerprint density at radius 2 is 1.81 bits per heavy atom. The fourth-order valence-electron chi connectivity index (χ4n) is 3.36. The van der Waals surface area contributed by atoms with E-state index in [1.54, 1.807) is 31.8 Å². The summed E-state index contributed by atoms with van der Waals surface area (Å²) in [6.45, 7) is 3.94. The zero-order valence-corrected chi connectivity index (χ0v) is 14.8. The van der Waals surface area contributed by atoms with Crippen LogP contribution in [-0.2, 0) is 0 Å².